The van der Waals surface area contributed by atoms with E-state index in [0.717, 1.165) is 51.9 Å². The van der Waals surface area contributed by atoms with Crippen molar-refractivity contribution in [2.24, 2.45) is 0 Å². The second-order valence-electron chi connectivity index (χ2n) is 5.36. The summed E-state index contributed by atoms with van der Waals surface area (Å²) in [6, 6.07) is 0. The molecule has 4 nitrogen and oxygen atoms in total. The van der Waals surface area contributed by atoms with Crippen LogP contribution in [0.2, 0.25) is 0 Å². The second-order valence-corrected chi connectivity index (χ2v) is 5.36. The van der Waals surface area contributed by atoms with E-state index in [9.17, 15) is 10.2 Å². The maximum absolute atomic E-state index is 9.52. The van der Waals surface area contributed by atoms with Crippen LogP contribution in [0, 0.1) is 0 Å². The van der Waals surface area contributed by atoms with Gasteiger partial charge in [0.05, 0.1) is 12.2 Å². The predicted molar refractivity (Wildman–Crippen MR) is 76.8 cm³/mol. The van der Waals surface area contributed by atoms with Gasteiger partial charge in [-0.2, -0.15) is 0 Å². The minimum Gasteiger partial charge on any atom is -0.392 e. The molecule has 0 aliphatic heterocycles. The van der Waals surface area contributed by atoms with Crippen LogP contribution in [0.4, 0.5) is 0 Å². The van der Waals surface area contributed by atoms with E-state index >= 15 is 0 Å². The molecule has 0 heterocycles. The van der Waals surface area contributed by atoms with Gasteiger partial charge in [0.15, 0.2) is 0 Å². The van der Waals surface area contributed by atoms with E-state index < -0.39 is 0 Å². The van der Waals surface area contributed by atoms with Crippen LogP contribution in [0.1, 0.15) is 39.5 Å². The third-order valence-electron chi connectivity index (χ3n) is 3.32. The molecule has 18 heavy (non-hydrogen) atoms. The second kappa shape index (κ2) is 10.7. The highest BCUT2D eigenvalue weighted by Gasteiger charge is 2.07. The molecule has 0 aromatic rings. The average molecular weight is 260 g/mol. The van der Waals surface area contributed by atoms with Gasteiger partial charge in [0.1, 0.15) is 0 Å². The summed E-state index contributed by atoms with van der Waals surface area (Å²) in [5, 5.41) is 19.0. The number of rotatable bonds is 11. The molecule has 0 aliphatic rings. The molecule has 0 aromatic carbocycles. The molecule has 0 radical (unpaired) electrons. The van der Waals surface area contributed by atoms with Gasteiger partial charge in [0.2, 0.25) is 0 Å². The average Bonchev–Trinajstić information content (AvgIpc) is 2.34. The first-order valence-electron chi connectivity index (χ1n) is 7.22. The molecule has 0 fully saturated rings. The minimum absolute atomic E-state index is 0.197. The number of aliphatic hydroxyl groups is 2. The largest absolute Gasteiger partial charge is 0.392 e. The standard InChI is InChI=1S/C14H32N2O2/c1-5-13(17)11-15(3)9-7-8-10-16(4)12-14(18)6-2/h13-14,17-18H,5-12H2,1-4H3. The van der Waals surface area contributed by atoms with Gasteiger partial charge in [-0.25, -0.2) is 0 Å². The number of hydrogen-bond acceptors (Lipinski definition) is 4. The molecule has 2 N–H and O–H groups in total. The van der Waals surface area contributed by atoms with Gasteiger partial charge in [-0.05, 0) is 52.9 Å². The SMILES string of the molecule is CCC(O)CN(C)CCCCN(C)CC(O)CC. The van der Waals surface area contributed by atoms with Crippen molar-refractivity contribution in [3.8, 4) is 0 Å². The first-order valence-corrected chi connectivity index (χ1v) is 7.22. The maximum atomic E-state index is 9.52. The van der Waals surface area contributed by atoms with Gasteiger partial charge in [-0.15, -0.1) is 0 Å². The lowest BCUT2D eigenvalue weighted by Gasteiger charge is -2.22. The highest BCUT2D eigenvalue weighted by molar-refractivity contribution is 4.62. The van der Waals surface area contributed by atoms with Crippen molar-refractivity contribution in [1.29, 1.82) is 0 Å². The normalized spacial score (nSPS) is 15.3. The van der Waals surface area contributed by atoms with Gasteiger partial charge in [0, 0.05) is 13.1 Å². The number of aliphatic hydroxyl groups excluding tert-OH is 2. The zero-order valence-electron chi connectivity index (χ0n) is 12.6. The van der Waals surface area contributed by atoms with E-state index in [1.54, 1.807) is 0 Å². The van der Waals surface area contributed by atoms with Gasteiger partial charge in [-0.1, -0.05) is 13.8 Å². The van der Waals surface area contributed by atoms with Crippen LogP contribution in [-0.4, -0.2) is 72.5 Å². The predicted octanol–water partition coefficient (Wildman–Crippen LogP) is 1.17. The summed E-state index contributed by atoms with van der Waals surface area (Å²) in [6.45, 7) is 7.60. The summed E-state index contributed by atoms with van der Waals surface area (Å²) in [5.41, 5.74) is 0. The van der Waals surface area contributed by atoms with E-state index in [0.29, 0.717) is 0 Å². The Balaban J connectivity index is 3.49. The van der Waals surface area contributed by atoms with Crippen LogP contribution in [0.15, 0.2) is 0 Å². The van der Waals surface area contributed by atoms with E-state index in [1.165, 1.54) is 0 Å². The van der Waals surface area contributed by atoms with Crippen LogP contribution in [0.5, 0.6) is 0 Å². The molecule has 2 unspecified atom stereocenters. The molecule has 0 rings (SSSR count). The van der Waals surface area contributed by atoms with E-state index in [-0.39, 0.29) is 12.2 Å². The fourth-order valence-corrected chi connectivity index (χ4v) is 1.92. The monoisotopic (exact) mass is 260 g/mol. The Kier molecular flexibility index (Phi) is 10.6. The van der Waals surface area contributed by atoms with Crippen LogP contribution < -0.4 is 0 Å². The maximum Gasteiger partial charge on any atom is 0.0664 e. The number of nitrogens with zero attached hydrogens (tertiary/aromatic N) is 2. The Morgan fingerprint density at radius 2 is 1.11 bits per heavy atom. The fourth-order valence-electron chi connectivity index (χ4n) is 1.92. The van der Waals surface area contributed by atoms with Crippen molar-refractivity contribution in [3.63, 3.8) is 0 Å². The van der Waals surface area contributed by atoms with Gasteiger partial charge in [-0.3, -0.25) is 0 Å². The van der Waals surface area contributed by atoms with Crippen LogP contribution in [0.3, 0.4) is 0 Å². The smallest absolute Gasteiger partial charge is 0.0664 e. The summed E-state index contributed by atoms with van der Waals surface area (Å²) in [5.74, 6) is 0. The fraction of sp³-hybridized carbons (Fsp3) is 1.00. The number of hydrogen-bond donors (Lipinski definition) is 2. The molecule has 0 saturated heterocycles. The molecule has 0 amide bonds. The highest BCUT2D eigenvalue weighted by Crippen LogP contribution is 2.00. The van der Waals surface area contributed by atoms with E-state index in [1.807, 2.05) is 13.8 Å². The summed E-state index contributed by atoms with van der Waals surface area (Å²) in [4.78, 5) is 4.38. The summed E-state index contributed by atoms with van der Waals surface area (Å²) >= 11 is 0. The molecule has 4 heteroatoms. The lowest BCUT2D eigenvalue weighted by atomic mass is 10.2. The minimum atomic E-state index is -0.197. The van der Waals surface area contributed by atoms with Crippen LogP contribution in [0.25, 0.3) is 0 Å². The Morgan fingerprint density at radius 3 is 1.39 bits per heavy atom. The lowest BCUT2D eigenvalue weighted by molar-refractivity contribution is 0.115. The van der Waals surface area contributed by atoms with Crippen molar-refractivity contribution in [3.05, 3.63) is 0 Å². The number of likely N-dealkylation sites (N-methyl/N-ethyl adjacent to an activating group) is 2. The Labute approximate surface area is 113 Å². The summed E-state index contributed by atoms with van der Waals surface area (Å²) < 4.78 is 0. The Bertz CT molecular complexity index is 171. The van der Waals surface area contributed by atoms with Crippen molar-refractivity contribution in [2.45, 2.75) is 51.7 Å². The van der Waals surface area contributed by atoms with Crippen molar-refractivity contribution in [1.82, 2.24) is 9.80 Å². The molecular weight excluding hydrogens is 228 g/mol. The first kappa shape index (κ1) is 17.8. The molecule has 0 saturated carbocycles. The third-order valence-corrected chi connectivity index (χ3v) is 3.32. The van der Waals surface area contributed by atoms with Gasteiger partial charge < -0.3 is 20.0 Å². The summed E-state index contributed by atoms with van der Waals surface area (Å²) in [6.07, 6.45) is 3.53. The van der Waals surface area contributed by atoms with Crippen molar-refractivity contribution in [2.75, 3.05) is 40.3 Å². The molecule has 0 spiro atoms. The molecule has 0 aliphatic carbocycles. The highest BCUT2D eigenvalue weighted by atomic mass is 16.3. The van der Waals surface area contributed by atoms with Gasteiger partial charge >= 0.3 is 0 Å². The zero-order valence-corrected chi connectivity index (χ0v) is 12.6. The lowest BCUT2D eigenvalue weighted by Crippen LogP contribution is -2.31. The third kappa shape index (κ3) is 9.83. The molecule has 0 aromatic heterocycles. The molecule has 2 atom stereocenters. The Hall–Kier alpha value is -0.160. The van der Waals surface area contributed by atoms with E-state index in [4.69, 9.17) is 0 Å². The van der Waals surface area contributed by atoms with Gasteiger partial charge in [0.25, 0.3) is 0 Å². The zero-order chi connectivity index (χ0) is 14.0. The van der Waals surface area contributed by atoms with Crippen LogP contribution >= 0.6 is 0 Å². The van der Waals surface area contributed by atoms with E-state index in [2.05, 4.69) is 23.9 Å². The first-order chi connectivity index (χ1) is 8.49. The quantitative estimate of drug-likeness (QED) is 0.548. The molecule has 0 bridgehead atoms. The summed E-state index contributed by atoms with van der Waals surface area (Å²) in [7, 11) is 4.12. The molecule has 110 valence electrons. The number of unbranched alkanes of at least 4 members (excludes halogenated alkanes) is 1. The van der Waals surface area contributed by atoms with Crippen molar-refractivity contribution >= 4 is 0 Å². The Morgan fingerprint density at radius 1 is 0.778 bits per heavy atom. The molecular formula is C14H32N2O2. The van der Waals surface area contributed by atoms with Crippen LogP contribution in [-0.2, 0) is 0 Å². The topological polar surface area (TPSA) is 46.9 Å². The van der Waals surface area contributed by atoms with Crippen molar-refractivity contribution < 1.29 is 10.2 Å².